The van der Waals surface area contributed by atoms with Crippen molar-refractivity contribution in [1.82, 2.24) is 4.90 Å². The molecule has 0 fully saturated rings. The number of fused-ring (bicyclic) bond motifs is 1. The zero-order valence-electron chi connectivity index (χ0n) is 14.7. The van der Waals surface area contributed by atoms with Gasteiger partial charge in [0, 0.05) is 33.4 Å². The molecule has 0 atom stereocenters. The number of anilines is 1. The predicted molar refractivity (Wildman–Crippen MR) is 91.3 cm³/mol. The van der Waals surface area contributed by atoms with E-state index in [-0.39, 0.29) is 30.4 Å². The number of hydrogen-bond donors (Lipinski definition) is 0. The maximum atomic E-state index is 12.6. The highest BCUT2D eigenvalue weighted by Crippen LogP contribution is 2.35. The lowest BCUT2D eigenvalue weighted by atomic mass is 10.2. The maximum Gasteiger partial charge on any atom is 0.331 e. The van der Waals surface area contributed by atoms with Gasteiger partial charge in [-0.3, -0.25) is 14.9 Å². The minimum Gasteiger partial charge on any atom is -0.423 e. The zero-order chi connectivity index (χ0) is 19.1. The van der Waals surface area contributed by atoms with Crippen LogP contribution in [0.5, 0.6) is 5.75 Å². The second-order valence-corrected chi connectivity index (χ2v) is 5.61. The van der Waals surface area contributed by atoms with Crippen LogP contribution in [0.4, 0.5) is 11.4 Å². The molecule has 1 aliphatic rings. The molecule has 1 aromatic rings. The first-order chi connectivity index (χ1) is 12.5. The van der Waals surface area contributed by atoms with Gasteiger partial charge in [-0.15, -0.1) is 0 Å². The summed E-state index contributed by atoms with van der Waals surface area (Å²) in [6.45, 7) is 1.36. The highest BCUT2D eigenvalue weighted by atomic mass is 16.6. The second kappa shape index (κ2) is 9.11. The molecular weight excluding hydrogens is 346 g/mol. The van der Waals surface area contributed by atoms with Crippen LogP contribution in [-0.4, -0.2) is 75.3 Å². The third kappa shape index (κ3) is 4.90. The van der Waals surface area contributed by atoms with E-state index in [9.17, 15) is 19.7 Å². The number of nitro groups is 1. The SMILES string of the molecule is COCCN(CCOC)C(=O)CN1CC(=O)Oc2cc([N+](=O)[O-])ccc21. The van der Waals surface area contributed by atoms with E-state index in [0.717, 1.165) is 0 Å². The van der Waals surface area contributed by atoms with E-state index in [4.69, 9.17) is 14.2 Å². The van der Waals surface area contributed by atoms with Crippen LogP contribution in [0.15, 0.2) is 18.2 Å². The fraction of sp³-hybridized carbons (Fsp3) is 0.500. The van der Waals surface area contributed by atoms with Crippen molar-refractivity contribution in [3.05, 3.63) is 28.3 Å². The van der Waals surface area contributed by atoms with Gasteiger partial charge in [0.2, 0.25) is 5.91 Å². The number of nitro benzene ring substituents is 1. The lowest BCUT2D eigenvalue weighted by molar-refractivity contribution is -0.384. The lowest BCUT2D eigenvalue weighted by Gasteiger charge is -2.31. The molecule has 0 radical (unpaired) electrons. The molecule has 1 aromatic carbocycles. The highest BCUT2D eigenvalue weighted by Gasteiger charge is 2.28. The van der Waals surface area contributed by atoms with Crippen LogP contribution in [0.25, 0.3) is 0 Å². The van der Waals surface area contributed by atoms with Crippen LogP contribution < -0.4 is 9.64 Å². The number of benzene rings is 1. The first-order valence-electron chi connectivity index (χ1n) is 7.96. The van der Waals surface area contributed by atoms with Gasteiger partial charge in [-0.2, -0.15) is 0 Å². The molecule has 0 aliphatic carbocycles. The third-order valence-corrected chi connectivity index (χ3v) is 3.85. The van der Waals surface area contributed by atoms with E-state index in [2.05, 4.69) is 0 Å². The standard InChI is InChI=1S/C16H21N3O7/c1-24-7-5-17(6-8-25-2)15(20)10-18-11-16(21)26-14-9-12(19(22)23)3-4-13(14)18/h3-4,9H,5-8,10-11H2,1-2H3. The fourth-order valence-corrected chi connectivity index (χ4v) is 2.52. The number of carbonyl (C=O) groups excluding carboxylic acids is 2. The zero-order valence-corrected chi connectivity index (χ0v) is 14.7. The number of non-ortho nitro benzene ring substituents is 1. The Hall–Kier alpha value is -2.72. The van der Waals surface area contributed by atoms with E-state index in [1.165, 1.54) is 18.2 Å². The van der Waals surface area contributed by atoms with Gasteiger partial charge in [-0.1, -0.05) is 0 Å². The van der Waals surface area contributed by atoms with Gasteiger partial charge >= 0.3 is 5.97 Å². The van der Waals surface area contributed by atoms with E-state index >= 15 is 0 Å². The Kier molecular flexibility index (Phi) is 6.87. The van der Waals surface area contributed by atoms with E-state index in [1.54, 1.807) is 24.0 Å². The Bertz CT molecular complexity index is 672. The van der Waals surface area contributed by atoms with Gasteiger partial charge in [0.15, 0.2) is 5.75 Å². The first kappa shape index (κ1) is 19.6. The predicted octanol–water partition coefficient (Wildman–Crippen LogP) is 0.442. The van der Waals surface area contributed by atoms with E-state index in [1.807, 2.05) is 0 Å². The van der Waals surface area contributed by atoms with Crippen molar-refractivity contribution in [3.63, 3.8) is 0 Å². The van der Waals surface area contributed by atoms with Crippen molar-refractivity contribution in [3.8, 4) is 5.75 Å². The van der Waals surface area contributed by atoms with E-state index in [0.29, 0.717) is 32.0 Å². The summed E-state index contributed by atoms with van der Waals surface area (Å²) in [6, 6.07) is 3.96. The summed E-state index contributed by atoms with van der Waals surface area (Å²) in [5.74, 6) is -0.715. The Morgan fingerprint density at radius 3 is 2.54 bits per heavy atom. The van der Waals surface area contributed by atoms with Crippen LogP contribution in [0.1, 0.15) is 0 Å². The molecule has 1 heterocycles. The smallest absolute Gasteiger partial charge is 0.331 e. The Balaban J connectivity index is 2.16. The fourth-order valence-electron chi connectivity index (χ4n) is 2.52. The molecule has 0 bridgehead atoms. The maximum absolute atomic E-state index is 12.6. The molecule has 142 valence electrons. The number of amides is 1. The van der Waals surface area contributed by atoms with Crippen molar-refractivity contribution in [2.24, 2.45) is 0 Å². The van der Waals surface area contributed by atoms with Gasteiger partial charge in [0.25, 0.3) is 5.69 Å². The number of esters is 1. The van der Waals surface area contributed by atoms with Crippen molar-refractivity contribution < 1.29 is 28.7 Å². The number of nitrogens with zero attached hydrogens (tertiary/aromatic N) is 3. The molecule has 10 heteroatoms. The third-order valence-electron chi connectivity index (χ3n) is 3.85. The van der Waals surface area contributed by atoms with Crippen molar-refractivity contribution in [2.45, 2.75) is 0 Å². The topological polar surface area (TPSA) is 111 Å². The van der Waals surface area contributed by atoms with Crippen molar-refractivity contribution >= 4 is 23.3 Å². The molecule has 26 heavy (non-hydrogen) atoms. The molecule has 0 saturated carbocycles. The van der Waals surface area contributed by atoms with Gasteiger partial charge < -0.3 is 24.0 Å². The van der Waals surface area contributed by atoms with Crippen LogP contribution in [0.2, 0.25) is 0 Å². The largest absolute Gasteiger partial charge is 0.423 e. The molecule has 2 rings (SSSR count). The quantitative estimate of drug-likeness (QED) is 0.268. The molecule has 0 aromatic heterocycles. The van der Waals surface area contributed by atoms with Gasteiger partial charge in [-0.05, 0) is 6.07 Å². The number of carbonyl (C=O) groups is 2. The lowest BCUT2D eigenvalue weighted by Crippen LogP contribution is -2.46. The number of ether oxygens (including phenoxy) is 3. The summed E-state index contributed by atoms with van der Waals surface area (Å²) in [4.78, 5) is 37.9. The number of hydrogen-bond acceptors (Lipinski definition) is 8. The summed E-state index contributed by atoms with van der Waals surface area (Å²) in [5, 5.41) is 10.9. The Labute approximate surface area is 150 Å². The van der Waals surface area contributed by atoms with Crippen LogP contribution >= 0.6 is 0 Å². The molecule has 0 unspecified atom stereocenters. The van der Waals surface area contributed by atoms with Crippen molar-refractivity contribution in [1.29, 1.82) is 0 Å². The average Bonchev–Trinajstić information content (AvgIpc) is 2.61. The molecule has 1 aliphatic heterocycles. The molecule has 1 amide bonds. The van der Waals surface area contributed by atoms with Gasteiger partial charge in [-0.25, -0.2) is 4.79 Å². The summed E-state index contributed by atoms with van der Waals surface area (Å²) >= 11 is 0. The molecule has 10 nitrogen and oxygen atoms in total. The van der Waals surface area contributed by atoms with Crippen molar-refractivity contribution in [2.75, 3.05) is 58.5 Å². The van der Waals surface area contributed by atoms with E-state index < -0.39 is 10.9 Å². The highest BCUT2D eigenvalue weighted by molar-refractivity contribution is 5.89. The summed E-state index contributed by atoms with van der Waals surface area (Å²) in [7, 11) is 3.09. The Morgan fingerprint density at radius 1 is 1.31 bits per heavy atom. The first-order valence-corrected chi connectivity index (χ1v) is 7.96. The average molecular weight is 367 g/mol. The molecule has 0 saturated heterocycles. The molecule has 0 N–H and O–H groups in total. The van der Waals surface area contributed by atoms with Gasteiger partial charge in [0.05, 0.1) is 36.4 Å². The Morgan fingerprint density at radius 2 is 1.96 bits per heavy atom. The second-order valence-electron chi connectivity index (χ2n) is 5.61. The minimum absolute atomic E-state index is 0.0622. The van der Waals surface area contributed by atoms with Crippen LogP contribution in [0.3, 0.4) is 0 Å². The summed E-state index contributed by atoms with van der Waals surface area (Å²) in [6.07, 6.45) is 0. The summed E-state index contributed by atoms with van der Waals surface area (Å²) in [5.41, 5.74) is 0.272. The van der Waals surface area contributed by atoms with Crippen LogP contribution in [-0.2, 0) is 19.1 Å². The monoisotopic (exact) mass is 367 g/mol. The van der Waals surface area contributed by atoms with Gasteiger partial charge in [0.1, 0.15) is 6.54 Å². The number of rotatable bonds is 9. The normalized spacial score (nSPS) is 13.2. The number of methoxy groups -OCH3 is 2. The minimum atomic E-state index is -0.578. The molecular formula is C16H21N3O7. The molecule has 0 spiro atoms. The summed E-state index contributed by atoms with van der Waals surface area (Å²) < 4.78 is 15.1. The van der Waals surface area contributed by atoms with Crippen LogP contribution in [0, 0.1) is 10.1 Å².